The SMILES string of the molecule is CNC(=O)[C@@H](Cc1ccc(O)cc1)NC(=O)C1CN(C(=O)Cc2c[nH]c3cc(Cl)ccc23)CC2CN(C(=O)c3ccc(OC(C)C)c(OC)c3)CC21. The van der Waals surface area contributed by atoms with Crippen LogP contribution in [0.2, 0.25) is 5.02 Å². The first-order valence-electron chi connectivity index (χ1n) is 17.4. The third-order valence-electron chi connectivity index (χ3n) is 9.96. The number of hydrogen-bond acceptors (Lipinski definition) is 7. The lowest BCUT2D eigenvalue weighted by molar-refractivity contribution is -0.140. The molecule has 4 amide bonds. The molecule has 52 heavy (non-hydrogen) atoms. The Bertz CT molecular complexity index is 1960. The minimum absolute atomic E-state index is 0.0792. The monoisotopic (exact) mass is 729 g/mol. The number of fused-ring (bicyclic) bond motifs is 2. The maximum atomic E-state index is 14.2. The molecule has 1 aromatic heterocycles. The zero-order valence-electron chi connectivity index (χ0n) is 29.6. The van der Waals surface area contributed by atoms with Crippen LogP contribution in [0.3, 0.4) is 0 Å². The quantitative estimate of drug-likeness (QED) is 0.181. The molecule has 4 atom stereocenters. The molecule has 0 aliphatic carbocycles. The van der Waals surface area contributed by atoms with Crippen molar-refractivity contribution in [3.8, 4) is 17.2 Å². The topological polar surface area (TPSA) is 153 Å². The van der Waals surface area contributed by atoms with Gasteiger partial charge in [-0.15, -0.1) is 0 Å². The number of rotatable bonds is 11. The molecule has 6 rings (SSSR count). The number of nitrogens with zero attached hydrogens (tertiary/aromatic N) is 2. The van der Waals surface area contributed by atoms with E-state index in [0.717, 1.165) is 22.0 Å². The molecule has 3 heterocycles. The summed E-state index contributed by atoms with van der Waals surface area (Å²) in [6, 6.07) is 16.1. The number of methoxy groups -OCH3 is 1. The Morgan fingerprint density at radius 1 is 0.962 bits per heavy atom. The number of benzene rings is 3. The average Bonchev–Trinajstić information content (AvgIpc) is 3.74. The molecular weight excluding hydrogens is 686 g/mol. The van der Waals surface area contributed by atoms with Gasteiger partial charge in [-0.2, -0.15) is 0 Å². The van der Waals surface area contributed by atoms with Crippen molar-refractivity contribution in [2.75, 3.05) is 40.3 Å². The molecule has 3 unspecified atom stereocenters. The number of phenols is 1. The number of halogens is 1. The van der Waals surface area contributed by atoms with Crippen molar-refractivity contribution >= 4 is 46.1 Å². The number of carbonyl (C=O) groups excluding carboxylic acids is 4. The number of aromatic hydroxyl groups is 1. The van der Waals surface area contributed by atoms with Gasteiger partial charge in [0.05, 0.1) is 25.6 Å². The lowest BCUT2D eigenvalue weighted by Gasteiger charge is -2.40. The number of hydrogen-bond donors (Lipinski definition) is 4. The summed E-state index contributed by atoms with van der Waals surface area (Å²) in [6.07, 6.45) is 2.03. The fourth-order valence-electron chi connectivity index (χ4n) is 7.37. The molecule has 274 valence electrons. The van der Waals surface area contributed by atoms with Crippen LogP contribution in [-0.2, 0) is 27.2 Å². The van der Waals surface area contributed by atoms with Crippen LogP contribution in [-0.4, -0.2) is 96.0 Å². The van der Waals surface area contributed by atoms with E-state index in [1.54, 1.807) is 52.4 Å². The molecule has 2 aliphatic heterocycles. The number of ether oxygens (including phenoxy) is 2. The third-order valence-corrected chi connectivity index (χ3v) is 10.2. The first-order valence-corrected chi connectivity index (χ1v) is 17.8. The predicted octanol–water partition coefficient (Wildman–Crippen LogP) is 4.19. The summed E-state index contributed by atoms with van der Waals surface area (Å²) in [5.41, 5.74) is 2.82. The highest BCUT2D eigenvalue weighted by atomic mass is 35.5. The minimum atomic E-state index is -0.900. The molecule has 4 aromatic rings. The second-order valence-corrected chi connectivity index (χ2v) is 14.2. The fraction of sp³-hybridized carbons (Fsp3) is 0.385. The highest BCUT2D eigenvalue weighted by Crippen LogP contribution is 2.38. The lowest BCUT2D eigenvalue weighted by Crippen LogP contribution is -2.56. The van der Waals surface area contributed by atoms with Gasteiger partial charge in [-0.05, 0) is 79.3 Å². The Morgan fingerprint density at radius 2 is 1.71 bits per heavy atom. The van der Waals surface area contributed by atoms with Crippen molar-refractivity contribution in [3.05, 3.63) is 88.6 Å². The van der Waals surface area contributed by atoms with E-state index in [4.69, 9.17) is 21.1 Å². The summed E-state index contributed by atoms with van der Waals surface area (Å²) >= 11 is 6.17. The molecule has 12 nitrogen and oxygen atoms in total. The number of H-pyrrole nitrogens is 1. The van der Waals surface area contributed by atoms with E-state index in [9.17, 15) is 24.3 Å². The van der Waals surface area contributed by atoms with Crippen molar-refractivity contribution in [2.45, 2.75) is 38.8 Å². The molecule has 4 N–H and O–H groups in total. The smallest absolute Gasteiger partial charge is 0.254 e. The van der Waals surface area contributed by atoms with Gasteiger partial charge in [0.15, 0.2) is 11.5 Å². The minimum Gasteiger partial charge on any atom is -0.508 e. The zero-order chi connectivity index (χ0) is 37.1. The molecule has 0 spiro atoms. The number of likely N-dealkylation sites (tertiary alicyclic amines) is 2. The van der Waals surface area contributed by atoms with Gasteiger partial charge in [0.1, 0.15) is 11.8 Å². The van der Waals surface area contributed by atoms with E-state index in [0.29, 0.717) is 41.7 Å². The standard InChI is InChI=1S/C39H44ClN5O7/c1-22(2)52-34-12-7-24(14-35(34)51-4)39(50)45-19-26-18-44(36(47)15-25-17-42-32-16-27(40)8-11-29(25)32)21-31(30(26)20-45)37(48)43-33(38(49)41-3)13-23-5-9-28(46)10-6-23/h5-12,14,16-17,22,26,30-31,33,42,46H,13,15,18-21H2,1-4H3,(H,41,49)(H,43,48)/t26?,30?,31?,33-/m1/s1. The van der Waals surface area contributed by atoms with Crippen LogP contribution < -0.4 is 20.1 Å². The van der Waals surface area contributed by atoms with E-state index in [2.05, 4.69) is 15.6 Å². The summed E-state index contributed by atoms with van der Waals surface area (Å²) < 4.78 is 11.4. The number of phenolic OH excluding ortho intramolecular Hbond substituents is 1. The maximum absolute atomic E-state index is 14.2. The van der Waals surface area contributed by atoms with Crippen molar-refractivity contribution < 1.29 is 33.8 Å². The van der Waals surface area contributed by atoms with Crippen molar-refractivity contribution in [1.29, 1.82) is 0 Å². The van der Waals surface area contributed by atoms with E-state index < -0.39 is 12.0 Å². The van der Waals surface area contributed by atoms with Crippen LogP contribution in [0.4, 0.5) is 0 Å². The first-order chi connectivity index (χ1) is 24.9. The highest BCUT2D eigenvalue weighted by Gasteiger charge is 2.48. The predicted molar refractivity (Wildman–Crippen MR) is 197 cm³/mol. The second kappa shape index (κ2) is 15.6. The number of aromatic amines is 1. The summed E-state index contributed by atoms with van der Waals surface area (Å²) in [5, 5.41) is 16.8. The zero-order valence-corrected chi connectivity index (χ0v) is 30.4. The van der Waals surface area contributed by atoms with Crippen LogP contribution in [0.25, 0.3) is 10.9 Å². The number of aromatic nitrogens is 1. The number of carbonyl (C=O) groups is 4. The average molecular weight is 730 g/mol. The molecule has 3 aromatic carbocycles. The Hall–Kier alpha value is -5.23. The summed E-state index contributed by atoms with van der Waals surface area (Å²) in [4.78, 5) is 61.8. The highest BCUT2D eigenvalue weighted by molar-refractivity contribution is 6.31. The summed E-state index contributed by atoms with van der Waals surface area (Å²) in [5.74, 6) is -1.15. The number of likely N-dealkylation sites (N-methyl/N-ethyl adjacent to an activating group) is 1. The Morgan fingerprint density at radius 3 is 2.42 bits per heavy atom. The molecule has 13 heteroatoms. The Kier molecular flexibility index (Phi) is 10.9. The van der Waals surface area contributed by atoms with Gasteiger partial charge in [-0.1, -0.05) is 29.8 Å². The van der Waals surface area contributed by atoms with Gasteiger partial charge < -0.3 is 40.0 Å². The number of amides is 4. The molecule has 0 saturated carbocycles. The van der Waals surface area contributed by atoms with Gasteiger partial charge >= 0.3 is 0 Å². The third kappa shape index (κ3) is 7.97. The van der Waals surface area contributed by atoms with Crippen molar-refractivity contribution in [2.24, 2.45) is 17.8 Å². The summed E-state index contributed by atoms with van der Waals surface area (Å²) in [7, 11) is 3.03. The van der Waals surface area contributed by atoms with E-state index >= 15 is 0 Å². The van der Waals surface area contributed by atoms with Crippen molar-refractivity contribution in [3.63, 3.8) is 0 Å². The number of nitrogens with one attached hydrogen (secondary N) is 3. The van der Waals surface area contributed by atoms with Crippen LogP contribution >= 0.6 is 11.6 Å². The van der Waals surface area contributed by atoms with Crippen LogP contribution in [0.5, 0.6) is 17.2 Å². The Balaban J connectivity index is 1.25. The second-order valence-electron chi connectivity index (χ2n) is 13.8. The van der Waals surface area contributed by atoms with Crippen LogP contribution in [0, 0.1) is 17.8 Å². The molecule has 0 bridgehead atoms. The largest absolute Gasteiger partial charge is 0.508 e. The molecule has 2 saturated heterocycles. The normalized spacial score (nSPS) is 18.9. The lowest BCUT2D eigenvalue weighted by atomic mass is 9.79. The van der Waals surface area contributed by atoms with E-state index in [1.165, 1.54) is 26.3 Å². The maximum Gasteiger partial charge on any atom is 0.254 e. The van der Waals surface area contributed by atoms with Gasteiger partial charge in [0.25, 0.3) is 5.91 Å². The number of piperidine rings is 1. The summed E-state index contributed by atoms with van der Waals surface area (Å²) in [6.45, 7) is 4.99. The van der Waals surface area contributed by atoms with Crippen LogP contribution in [0.15, 0.2) is 66.9 Å². The molecule has 0 radical (unpaired) electrons. The molecule has 2 fully saturated rings. The molecule has 2 aliphatic rings. The Labute approximate surface area is 307 Å². The first kappa shape index (κ1) is 36.6. The van der Waals surface area contributed by atoms with Gasteiger partial charge in [0, 0.05) is 67.3 Å². The molecular formula is C39H44ClN5O7. The van der Waals surface area contributed by atoms with Gasteiger partial charge in [0.2, 0.25) is 17.7 Å². The van der Waals surface area contributed by atoms with Crippen molar-refractivity contribution in [1.82, 2.24) is 25.4 Å². The van der Waals surface area contributed by atoms with Gasteiger partial charge in [-0.25, -0.2) is 0 Å². The van der Waals surface area contributed by atoms with E-state index in [-0.39, 0.29) is 66.7 Å². The fourth-order valence-corrected chi connectivity index (χ4v) is 7.54. The van der Waals surface area contributed by atoms with E-state index in [1.807, 2.05) is 26.0 Å². The van der Waals surface area contributed by atoms with Gasteiger partial charge in [-0.3, -0.25) is 19.2 Å². The van der Waals surface area contributed by atoms with Crippen LogP contribution in [0.1, 0.15) is 35.3 Å².